The summed E-state index contributed by atoms with van der Waals surface area (Å²) >= 11 is 6.06. The summed E-state index contributed by atoms with van der Waals surface area (Å²) in [5.41, 5.74) is 0.637. The lowest BCUT2D eigenvalue weighted by molar-refractivity contribution is -0.144. The third-order valence-corrected chi connectivity index (χ3v) is 8.00. The number of likely N-dealkylation sites (N-methyl/N-ethyl adjacent to an activating group) is 1. The second kappa shape index (κ2) is 10.1. The summed E-state index contributed by atoms with van der Waals surface area (Å²) in [6.07, 6.45) is 2.04. The molecule has 0 spiro atoms. The van der Waals surface area contributed by atoms with E-state index < -0.39 is 6.09 Å². The summed E-state index contributed by atoms with van der Waals surface area (Å²) in [6.45, 7) is 4.65. The van der Waals surface area contributed by atoms with Crippen molar-refractivity contribution in [3.05, 3.63) is 34.9 Å². The van der Waals surface area contributed by atoms with Crippen molar-refractivity contribution in [2.45, 2.75) is 44.6 Å². The van der Waals surface area contributed by atoms with Gasteiger partial charge in [0.1, 0.15) is 0 Å². The van der Waals surface area contributed by atoms with E-state index >= 15 is 0 Å². The predicted molar refractivity (Wildman–Crippen MR) is 128 cm³/mol. The minimum Gasteiger partial charge on any atom is -0.465 e. The number of hydrogen-bond acceptors (Lipinski definition) is 4. The van der Waals surface area contributed by atoms with Crippen LogP contribution in [-0.4, -0.2) is 90.2 Å². The molecule has 3 aliphatic rings. The number of nitrogens with zero attached hydrogens (tertiary/aromatic N) is 3. The van der Waals surface area contributed by atoms with Gasteiger partial charge >= 0.3 is 6.09 Å². The molecule has 3 fully saturated rings. The van der Waals surface area contributed by atoms with Crippen LogP contribution in [0.3, 0.4) is 0 Å². The molecule has 0 aromatic heterocycles. The summed E-state index contributed by atoms with van der Waals surface area (Å²) in [5, 5.41) is 10.4. The van der Waals surface area contributed by atoms with Gasteiger partial charge in [0.2, 0.25) is 11.8 Å². The van der Waals surface area contributed by atoms with Crippen LogP contribution in [0.15, 0.2) is 24.3 Å². The number of amides is 3. The first-order valence-electron chi connectivity index (χ1n) is 12.1. The molecule has 2 atom stereocenters. The number of rotatable bonds is 7. The van der Waals surface area contributed by atoms with E-state index in [0.717, 1.165) is 18.4 Å². The molecule has 2 heterocycles. The number of piperidine rings is 1. The Morgan fingerprint density at radius 3 is 2.29 bits per heavy atom. The number of likely N-dealkylation sites (tertiary alicyclic amines) is 2. The lowest BCUT2D eigenvalue weighted by Gasteiger charge is -2.35. The Labute approximate surface area is 205 Å². The van der Waals surface area contributed by atoms with Gasteiger partial charge in [0, 0.05) is 56.7 Å². The fraction of sp³-hybridized carbons (Fsp3) is 0.640. The van der Waals surface area contributed by atoms with Crippen LogP contribution in [0.2, 0.25) is 5.02 Å². The topological polar surface area (TPSA) is 90.4 Å². The summed E-state index contributed by atoms with van der Waals surface area (Å²) in [5.74, 6) is -0.0359. The van der Waals surface area contributed by atoms with Crippen LogP contribution < -0.4 is 0 Å². The summed E-state index contributed by atoms with van der Waals surface area (Å²) < 4.78 is 5.25. The van der Waals surface area contributed by atoms with Crippen LogP contribution in [0.5, 0.6) is 0 Å². The number of methoxy groups -OCH3 is 1. The first kappa shape index (κ1) is 24.8. The molecule has 9 heteroatoms. The Hall–Kier alpha value is -2.32. The fourth-order valence-corrected chi connectivity index (χ4v) is 5.73. The maximum absolute atomic E-state index is 13.5. The van der Waals surface area contributed by atoms with Crippen LogP contribution in [0.1, 0.15) is 44.1 Å². The van der Waals surface area contributed by atoms with Crippen LogP contribution in [0, 0.1) is 11.3 Å². The van der Waals surface area contributed by atoms with Crippen molar-refractivity contribution in [3.8, 4) is 0 Å². The minimum absolute atomic E-state index is 0.0630. The third kappa shape index (κ3) is 4.89. The second-order valence-corrected chi connectivity index (χ2v) is 10.3. The summed E-state index contributed by atoms with van der Waals surface area (Å²) in [6, 6.07) is 7.14. The monoisotopic (exact) mass is 491 g/mol. The van der Waals surface area contributed by atoms with Gasteiger partial charge < -0.3 is 24.5 Å². The fourth-order valence-electron chi connectivity index (χ4n) is 5.60. The molecule has 4 rings (SSSR count). The zero-order valence-corrected chi connectivity index (χ0v) is 20.7. The van der Waals surface area contributed by atoms with E-state index in [-0.39, 0.29) is 35.1 Å². The predicted octanol–water partition coefficient (Wildman–Crippen LogP) is 3.30. The van der Waals surface area contributed by atoms with E-state index in [0.29, 0.717) is 57.2 Å². The van der Waals surface area contributed by atoms with Crippen LogP contribution in [0.4, 0.5) is 4.79 Å². The SMILES string of the molecule is CCN(C(=O)O)[C@@H]1CN(C(=O)C2CCN(C(=O)C3(COC)CC3)CC2)C[C@H]1c1ccc(Cl)cc1. The van der Waals surface area contributed by atoms with Gasteiger partial charge in [-0.25, -0.2) is 4.79 Å². The number of carbonyl (C=O) groups is 3. The normalized spacial score (nSPS) is 24.2. The number of halogens is 1. The van der Waals surface area contributed by atoms with E-state index in [1.807, 2.05) is 28.9 Å². The van der Waals surface area contributed by atoms with Crippen molar-refractivity contribution in [1.82, 2.24) is 14.7 Å². The second-order valence-electron chi connectivity index (χ2n) is 9.82. The molecule has 1 aromatic rings. The molecule has 2 saturated heterocycles. The molecule has 8 nitrogen and oxygen atoms in total. The van der Waals surface area contributed by atoms with E-state index in [1.54, 1.807) is 19.2 Å². The number of hydrogen-bond donors (Lipinski definition) is 1. The van der Waals surface area contributed by atoms with Gasteiger partial charge in [-0.3, -0.25) is 9.59 Å². The molecule has 3 amide bonds. The highest BCUT2D eigenvalue weighted by Crippen LogP contribution is 2.48. The van der Waals surface area contributed by atoms with Gasteiger partial charge in [-0.2, -0.15) is 0 Å². The van der Waals surface area contributed by atoms with Crippen molar-refractivity contribution < 1.29 is 24.2 Å². The van der Waals surface area contributed by atoms with E-state index in [2.05, 4.69) is 0 Å². The minimum atomic E-state index is -0.974. The maximum atomic E-state index is 13.5. The van der Waals surface area contributed by atoms with Crippen molar-refractivity contribution in [3.63, 3.8) is 0 Å². The Morgan fingerprint density at radius 1 is 1.12 bits per heavy atom. The van der Waals surface area contributed by atoms with Gasteiger partial charge in [-0.15, -0.1) is 0 Å². The van der Waals surface area contributed by atoms with Gasteiger partial charge in [0.25, 0.3) is 0 Å². The average molecular weight is 492 g/mol. The largest absolute Gasteiger partial charge is 0.465 e. The standard InChI is InChI=1S/C25H34ClN3O5/c1-3-29(24(32)33)21-15-28(14-20(21)17-4-6-19(26)7-5-17)22(30)18-8-12-27(13-9-18)23(31)25(10-11-25)16-34-2/h4-7,18,20-21H,3,8-16H2,1-2H3,(H,32,33)/t20-,21+/m0/s1. The molecule has 1 aromatic carbocycles. The number of benzene rings is 1. The highest BCUT2D eigenvalue weighted by molar-refractivity contribution is 6.30. The summed E-state index contributed by atoms with van der Waals surface area (Å²) in [7, 11) is 1.63. The Balaban J connectivity index is 1.42. The molecule has 1 saturated carbocycles. The maximum Gasteiger partial charge on any atom is 0.407 e. The smallest absolute Gasteiger partial charge is 0.407 e. The Kier molecular flexibility index (Phi) is 7.38. The third-order valence-electron chi connectivity index (χ3n) is 7.74. The van der Waals surface area contributed by atoms with Gasteiger partial charge in [-0.1, -0.05) is 23.7 Å². The first-order chi connectivity index (χ1) is 16.3. The quantitative estimate of drug-likeness (QED) is 0.632. The van der Waals surface area contributed by atoms with Gasteiger partial charge in [-0.05, 0) is 50.3 Å². The molecule has 2 aliphatic heterocycles. The Bertz CT molecular complexity index is 912. The molecular weight excluding hydrogens is 458 g/mol. The molecular formula is C25H34ClN3O5. The number of carboxylic acid groups (broad SMARTS) is 1. The summed E-state index contributed by atoms with van der Waals surface area (Å²) in [4.78, 5) is 43.4. The van der Waals surface area contributed by atoms with Gasteiger partial charge in [0.15, 0.2) is 0 Å². The molecule has 34 heavy (non-hydrogen) atoms. The highest BCUT2D eigenvalue weighted by Gasteiger charge is 2.52. The van der Waals surface area contributed by atoms with Crippen molar-refractivity contribution in [1.29, 1.82) is 0 Å². The number of ether oxygens (including phenoxy) is 1. The zero-order valence-electron chi connectivity index (χ0n) is 19.9. The lowest BCUT2D eigenvalue weighted by atomic mass is 9.93. The van der Waals surface area contributed by atoms with Gasteiger partial charge in [0.05, 0.1) is 18.1 Å². The van der Waals surface area contributed by atoms with E-state index in [4.69, 9.17) is 16.3 Å². The average Bonchev–Trinajstić information content (AvgIpc) is 3.49. The van der Waals surface area contributed by atoms with Crippen molar-refractivity contribution >= 4 is 29.5 Å². The molecule has 1 aliphatic carbocycles. The van der Waals surface area contributed by atoms with E-state index in [1.165, 1.54) is 4.90 Å². The van der Waals surface area contributed by atoms with Crippen LogP contribution in [-0.2, 0) is 14.3 Å². The molecule has 186 valence electrons. The lowest BCUT2D eigenvalue weighted by Crippen LogP contribution is -2.47. The van der Waals surface area contributed by atoms with Crippen LogP contribution in [0.25, 0.3) is 0 Å². The zero-order chi connectivity index (χ0) is 24.5. The number of carbonyl (C=O) groups excluding carboxylic acids is 2. The van der Waals surface area contributed by atoms with E-state index in [9.17, 15) is 19.5 Å². The van der Waals surface area contributed by atoms with Crippen molar-refractivity contribution in [2.75, 3.05) is 46.4 Å². The van der Waals surface area contributed by atoms with Crippen LogP contribution >= 0.6 is 11.6 Å². The highest BCUT2D eigenvalue weighted by atomic mass is 35.5. The Morgan fingerprint density at radius 2 is 1.76 bits per heavy atom. The molecule has 0 radical (unpaired) electrons. The molecule has 0 unspecified atom stereocenters. The van der Waals surface area contributed by atoms with Crippen molar-refractivity contribution in [2.24, 2.45) is 11.3 Å². The molecule has 1 N–H and O–H groups in total. The first-order valence-corrected chi connectivity index (χ1v) is 12.5. The molecule has 0 bridgehead atoms.